The van der Waals surface area contributed by atoms with E-state index in [4.69, 9.17) is 0 Å². The first-order valence-electron chi connectivity index (χ1n) is 4.85. The van der Waals surface area contributed by atoms with E-state index in [-0.39, 0.29) is 37.2 Å². The van der Waals surface area contributed by atoms with Gasteiger partial charge < -0.3 is 37.2 Å². The van der Waals surface area contributed by atoms with Gasteiger partial charge >= 0.3 is 87.4 Å². The molecule has 84 valence electrons. The topological polar surface area (TPSA) is 0 Å². The average molecular weight is 290 g/mol. The Kier molecular flexibility index (Phi) is 77.1. The normalized spacial score (nSPS) is 6.36. The zero-order valence-corrected chi connectivity index (χ0v) is 14.1. The van der Waals surface area contributed by atoms with Crippen LogP contribution in [0.3, 0.4) is 0 Å². The summed E-state index contributed by atoms with van der Waals surface area (Å²) in [5.41, 5.74) is 0. The standard InChI is InChI=1S/3C3H7.2Al.3ClH/c3*1-3-2;;;;;/h3*1,3H2,2H3;;;3*1H/q;;;+1;+2;;;/p-3. The molecule has 0 amide bonds. The van der Waals surface area contributed by atoms with Gasteiger partial charge in [-0.05, 0) is 0 Å². The molecular weight excluding hydrogens is 268 g/mol. The summed E-state index contributed by atoms with van der Waals surface area (Å²) in [4.78, 5) is 0. The molecular formula is C9H21Al2Cl3. The third kappa shape index (κ3) is 48.5. The van der Waals surface area contributed by atoms with Crippen molar-refractivity contribution in [2.24, 2.45) is 0 Å². The summed E-state index contributed by atoms with van der Waals surface area (Å²) in [6, 6.07) is 0. The van der Waals surface area contributed by atoms with Crippen LogP contribution in [-0.4, -0.2) is 31.5 Å². The minimum atomic E-state index is 0. The molecule has 0 atom stereocenters. The fourth-order valence-electron chi connectivity index (χ4n) is 0.553. The van der Waals surface area contributed by atoms with Crippen LogP contribution < -0.4 is 37.2 Å². The van der Waals surface area contributed by atoms with Crippen molar-refractivity contribution in [3.63, 3.8) is 0 Å². The van der Waals surface area contributed by atoms with E-state index in [9.17, 15) is 0 Å². The summed E-state index contributed by atoms with van der Waals surface area (Å²) in [5.74, 6) is 0. The van der Waals surface area contributed by atoms with Crippen LogP contribution in [0.25, 0.3) is 0 Å². The van der Waals surface area contributed by atoms with Crippen LogP contribution in [0.2, 0.25) is 15.8 Å². The monoisotopic (exact) mass is 288 g/mol. The third-order valence-corrected chi connectivity index (χ3v) is 3.82. The van der Waals surface area contributed by atoms with E-state index < -0.39 is 0 Å². The Bertz CT molecular complexity index is 51.3. The molecule has 0 rings (SSSR count). The maximum Gasteiger partial charge on any atom is -1.00 e. The SMILES string of the molecule is CC[CH2][Al+2].CC[CH2][Al+][CH2]CC.[Cl-].[Cl-].[Cl-]. The van der Waals surface area contributed by atoms with E-state index in [1.54, 1.807) is 0 Å². The van der Waals surface area contributed by atoms with E-state index >= 15 is 0 Å². The molecule has 0 aliphatic rings. The molecule has 14 heavy (non-hydrogen) atoms. The van der Waals surface area contributed by atoms with Gasteiger partial charge in [-0.2, -0.15) is 0 Å². The molecule has 0 aliphatic heterocycles. The van der Waals surface area contributed by atoms with Gasteiger partial charge in [0.15, 0.2) is 0 Å². The predicted molar refractivity (Wildman–Crippen MR) is 56.8 cm³/mol. The van der Waals surface area contributed by atoms with Crippen molar-refractivity contribution in [2.45, 2.75) is 55.9 Å². The molecule has 5 heteroatoms. The van der Waals surface area contributed by atoms with Gasteiger partial charge in [-0.3, -0.25) is 0 Å². The van der Waals surface area contributed by atoms with Crippen molar-refractivity contribution in [2.75, 3.05) is 0 Å². The predicted octanol–water partition coefficient (Wildman–Crippen LogP) is -5.66. The Morgan fingerprint density at radius 2 is 1.07 bits per heavy atom. The molecule has 0 aromatic carbocycles. The molecule has 0 bridgehead atoms. The van der Waals surface area contributed by atoms with E-state index in [0.29, 0.717) is 0 Å². The van der Waals surface area contributed by atoms with Gasteiger partial charge in [0, 0.05) is 0 Å². The summed E-state index contributed by atoms with van der Waals surface area (Å²) >= 11 is 3.48. The molecule has 0 saturated heterocycles. The molecule has 0 aromatic heterocycles. The van der Waals surface area contributed by atoms with Gasteiger partial charge in [-0.15, -0.1) is 0 Å². The van der Waals surface area contributed by atoms with E-state index in [2.05, 4.69) is 37.1 Å². The molecule has 0 nitrogen and oxygen atoms in total. The van der Waals surface area contributed by atoms with Gasteiger partial charge in [0.1, 0.15) is 0 Å². The first-order valence-corrected chi connectivity index (χ1v) is 7.30. The summed E-state index contributed by atoms with van der Waals surface area (Å²) in [7, 11) is 0. The Morgan fingerprint density at radius 3 is 1.21 bits per heavy atom. The number of hydrogen-bond acceptors (Lipinski definition) is 0. The second kappa shape index (κ2) is 36.3. The molecule has 0 radical (unpaired) electrons. The van der Waals surface area contributed by atoms with Crippen LogP contribution in [0.4, 0.5) is 0 Å². The number of halogens is 3. The van der Waals surface area contributed by atoms with E-state index in [1.807, 2.05) is 0 Å². The van der Waals surface area contributed by atoms with E-state index in [0.717, 1.165) is 15.2 Å². The Labute approximate surface area is 124 Å². The average Bonchev–Trinajstić information content (AvgIpc) is 2.06. The van der Waals surface area contributed by atoms with Gasteiger partial charge in [-0.1, -0.05) is 0 Å². The summed E-state index contributed by atoms with van der Waals surface area (Å²) in [6.45, 7) is 6.69. The second-order valence-corrected chi connectivity index (χ2v) is 4.96. The quantitative estimate of drug-likeness (QED) is 0.350. The Morgan fingerprint density at radius 1 is 0.786 bits per heavy atom. The fourth-order valence-corrected chi connectivity index (χ4v) is 1.66. The van der Waals surface area contributed by atoms with Gasteiger partial charge in [0.25, 0.3) is 0 Å². The van der Waals surface area contributed by atoms with Crippen molar-refractivity contribution in [3.05, 3.63) is 0 Å². The second-order valence-electron chi connectivity index (χ2n) is 2.65. The van der Waals surface area contributed by atoms with Crippen LogP contribution in [-0.2, 0) is 0 Å². The molecule has 0 saturated carbocycles. The Hall–Kier alpha value is 1.93. The van der Waals surface area contributed by atoms with Crippen LogP contribution in [0.1, 0.15) is 40.0 Å². The summed E-state index contributed by atoms with van der Waals surface area (Å²) < 4.78 is 0. The minimum absolute atomic E-state index is 0. The van der Waals surface area contributed by atoms with Gasteiger partial charge in [0.2, 0.25) is 0 Å². The van der Waals surface area contributed by atoms with Crippen LogP contribution in [0.5, 0.6) is 0 Å². The zero-order chi connectivity index (χ0) is 8.95. The molecule has 0 fully saturated rings. The van der Waals surface area contributed by atoms with Crippen molar-refractivity contribution < 1.29 is 37.2 Å². The number of rotatable bonds is 5. The molecule has 0 heterocycles. The Balaban J connectivity index is -0.0000000347. The zero-order valence-electron chi connectivity index (χ0n) is 9.53. The summed E-state index contributed by atoms with van der Waals surface area (Å²) in [5, 5.41) is 4.25. The maximum absolute atomic E-state index is 2.66. The maximum atomic E-state index is 2.66. The summed E-state index contributed by atoms with van der Waals surface area (Å²) in [6.07, 6.45) is 4.08. The smallest absolute Gasteiger partial charge is 1.00 e. The number of hydrogen-bond donors (Lipinski definition) is 0. The molecule has 0 spiro atoms. The van der Waals surface area contributed by atoms with Crippen molar-refractivity contribution in [1.82, 2.24) is 0 Å². The molecule has 0 unspecified atom stereocenters. The third-order valence-electron chi connectivity index (χ3n) is 1.27. The van der Waals surface area contributed by atoms with E-state index in [1.165, 1.54) is 35.1 Å². The van der Waals surface area contributed by atoms with Gasteiger partial charge in [0.05, 0.1) is 0 Å². The molecule has 0 N–H and O–H groups in total. The van der Waals surface area contributed by atoms with Crippen molar-refractivity contribution in [1.29, 1.82) is 0 Å². The molecule has 0 aromatic rings. The fraction of sp³-hybridized carbons (Fsp3) is 1.00. The largest absolute Gasteiger partial charge is 1.00 e. The molecule has 0 aliphatic carbocycles. The first kappa shape index (κ1) is 29.7. The van der Waals surface area contributed by atoms with Crippen LogP contribution >= 0.6 is 0 Å². The van der Waals surface area contributed by atoms with Crippen LogP contribution in [0, 0.1) is 0 Å². The first-order chi connectivity index (χ1) is 5.33. The van der Waals surface area contributed by atoms with Crippen LogP contribution in [0.15, 0.2) is 0 Å². The minimum Gasteiger partial charge on any atom is -1.00 e. The van der Waals surface area contributed by atoms with Gasteiger partial charge in [-0.25, -0.2) is 0 Å². The van der Waals surface area contributed by atoms with Crippen molar-refractivity contribution in [3.8, 4) is 0 Å². The van der Waals surface area contributed by atoms with Crippen molar-refractivity contribution >= 4 is 31.5 Å².